The van der Waals surface area contributed by atoms with Crippen LogP contribution in [0.3, 0.4) is 0 Å². The van der Waals surface area contributed by atoms with Crippen LogP contribution >= 0.6 is 11.6 Å². The minimum Gasteiger partial charge on any atom is -0.350 e. The smallest absolute Gasteiger partial charge is 0.282 e. The highest BCUT2D eigenvalue weighted by Gasteiger charge is 2.40. The second-order valence-corrected chi connectivity index (χ2v) is 6.47. The van der Waals surface area contributed by atoms with Gasteiger partial charge in [0.2, 0.25) is 0 Å². The van der Waals surface area contributed by atoms with Gasteiger partial charge in [-0.2, -0.15) is 0 Å². The van der Waals surface area contributed by atoms with Crippen molar-refractivity contribution in [3.63, 3.8) is 0 Å². The lowest BCUT2D eigenvalue weighted by molar-refractivity contribution is -0.120. The molecule has 1 aliphatic rings. The minimum atomic E-state index is -0.389. The summed E-state index contributed by atoms with van der Waals surface area (Å²) in [5.41, 5.74) is 2.47. The number of hydrogen-bond donors (Lipinski definition) is 1. The molecule has 0 radical (unpaired) electrons. The molecule has 0 unspecified atom stereocenters. The number of carbonyl (C=O) groups excluding carboxylic acids is 2. The van der Waals surface area contributed by atoms with Crippen molar-refractivity contribution in [3.8, 4) is 0 Å². The van der Waals surface area contributed by atoms with Crippen LogP contribution in [0.5, 0.6) is 0 Å². The Labute approximate surface area is 161 Å². The van der Waals surface area contributed by atoms with Crippen molar-refractivity contribution in [3.05, 3.63) is 101 Å². The van der Waals surface area contributed by atoms with Crippen molar-refractivity contribution < 1.29 is 9.59 Å². The molecule has 1 N–H and O–H groups in total. The van der Waals surface area contributed by atoms with Crippen molar-refractivity contribution >= 4 is 40.4 Å². The molecule has 27 heavy (non-hydrogen) atoms. The Morgan fingerprint density at radius 1 is 0.704 bits per heavy atom. The highest BCUT2D eigenvalue weighted by Crippen LogP contribution is 2.33. The zero-order valence-electron chi connectivity index (χ0n) is 14.2. The summed E-state index contributed by atoms with van der Waals surface area (Å²) < 4.78 is 0. The van der Waals surface area contributed by atoms with E-state index in [1.54, 1.807) is 48.5 Å². The maximum Gasteiger partial charge on any atom is 0.282 e. The molecular formula is C22H15ClN2O2. The number of hydrogen-bond acceptors (Lipinski definition) is 3. The molecule has 132 valence electrons. The van der Waals surface area contributed by atoms with Crippen LogP contribution in [0.2, 0.25) is 5.02 Å². The van der Waals surface area contributed by atoms with Gasteiger partial charge in [-0.05, 0) is 42.0 Å². The number of nitrogens with one attached hydrogen (secondary N) is 1. The summed E-state index contributed by atoms with van der Waals surface area (Å²) >= 11 is 5.98. The normalized spacial score (nSPS) is 14.0. The van der Waals surface area contributed by atoms with Crippen LogP contribution in [0.4, 0.5) is 11.4 Å². The molecule has 0 bridgehead atoms. The molecule has 3 aromatic carbocycles. The number of para-hydroxylation sites is 2. The number of halogens is 1. The molecule has 2 amide bonds. The van der Waals surface area contributed by atoms with Crippen LogP contribution in [0.15, 0.2) is 90.6 Å². The standard InChI is InChI=1S/C22H15ClN2O2/c23-16-13-11-15(12-14-16)19-20(24-17-7-3-1-4-8-17)22(27)25(21(19)26)18-9-5-2-6-10-18/h1-14,24H. The second kappa shape index (κ2) is 7.09. The number of nitrogens with zero attached hydrogens (tertiary/aromatic N) is 1. The molecule has 0 saturated heterocycles. The molecule has 1 aliphatic heterocycles. The Balaban J connectivity index is 1.83. The van der Waals surface area contributed by atoms with E-state index in [-0.39, 0.29) is 17.5 Å². The van der Waals surface area contributed by atoms with E-state index >= 15 is 0 Å². The van der Waals surface area contributed by atoms with E-state index in [1.165, 1.54) is 4.90 Å². The van der Waals surface area contributed by atoms with Gasteiger partial charge in [0.15, 0.2) is 0 Å². The van der Waals surface area contributed by atoms with E-state index in [0.29, 0.717) is 21.8 Å². The highest BCUT2D eigenvalue weighted by molar-refractivity contribution is 6.46. The van der Waals surface area contributed by atoms with Crippen LogP contribution in [0.25, 0.3) is 5.57 Å². The number of imide groups is 1. The van der Waals surface area contributed by atoms with E-state index in [9.17, 15) is 9.59 Å². The molecule has 4 nitrogen and oxygen atoms in total. The maximum absolute atomic E-state index is 13.2. The molecule has 0 aromatic heterocycles. The lowest BCUT2D eigenvalue weighted by atomic mass is 10.0. The summed E-state index contributed by atoms with van der Waals surface area (Å²) in [6, 6.07) is 25.1. The zero-order valence-corrected chi connectivity index (χ0v) is 15.0. The van der Waals surface area contributed by atoms with Crippen molar-refractivity contribution in [2.45, 2.75) is 0 Å². The van der Waals surface area contributed by atoms with Crippen molar-refractivity contribution in [2.75, 3.05) is 10.2 Å². The van der Waals surface area contributed by atoms with E-state index < -0.39 is 0 Å². The number of anilines is 2. The summed E-state index contributed by atoms with van der Waals surface area (Å²) in [7, 11) is 0. The maximum atomic E-state index is 13.2. The predicted octanol–water partition coefficient (Wildman–Crippen LogP) is 4.74. The summed E-state index contributed by atoms with van der Waals surface area (Å²) in [5, 5.41) is 3.68. The van der Waals surface area contributed by atoms with Crippen LogP contribution in [-0.2, 0) is 9.59 Å². The predicted molar refractivity (Wildman–Crippen MR) is 107 cm³/mol. The van der Waals surface area contributed by atoms with Gasteiger partial charge < -0.3 is 5.32 Å². The van der Waals surface area contributed by atoms with Gasteiger partial charge in [0.25, 0.3) is 11.8 Å². The van der Waals surface area contributed by atoms with Crippen molar-refractivity contribution in [1.29, 1.82) is 0 Å². The molecule has 0 atom stereocenters. The zero-order chi connectivity index (χ0) is 18.8. The third-order valence-electron chi connectivity index (χ3n) is 4.27. The number of benzene rings is 3. The largest absolute Gasteiger partial charge is 0.350 e. The molecule has 4 rings (SSSR count). The molecule has 0 fully saturated rings. The summed E-state index contributed by atoms with van der Waals surface area (Å²) in [6.07, 6.45) is 0. The Kier molecular flexibility index (Phi) is 4.48. The Hall–Kier alpha value is -3.37. The van der Waals surface area contributed by atoms with Crippen LogP contribution in [0.1, 0.15) is 5.56 Å². The second-order valence-electron chi connectivity index (χ2n) is 6.03. The first-order valence-electron chi connectivity index (χ1n) is 8.41. The van der Waals surface area contributed by atoms with E-state index in [1.807, 2.05) is 36.4 Å². The minimum absolute atomic E-state index is 0.248. The molecule has 3 aromatic rings. The summed E-state index contributed by atoms with van der Waals surface area (Å²) in [6.45, 7) is 0. The lowest BCUT2D eigenvalue weighted by Gasteiger charge is -2.15. The average Bonchev–Trinajstić information content (AvgIpc) is 2.94. The SMILES string of the molecule is O=C1C(Nc2ccccc2)=C(c2ccc(Cl)cc2)C(=O)N1c1ccccc1. The lowest BCUT2D eigenvalue weighted by Crippen LogP contribution is -2.32. The fraction of sp³-hybridized carbons (Fsp3) is 0. The monoisotopic (exact) mass is 374 g/mol. The van der Waals surface area contributed by atoms with Crippen molar-refractivity contribution in [1.82, 2.24) is 0 Å². The topological polar surface area (TPSA) is 49.4 Å². The Morgan fingerprint density at radius 3 is 1.93 bits per heavy atom. The third kappa shape index (κ3) is 3.23. The molecule has 0 spiro atoms. The molecule has 5 heteroatoms. The van der Waals surface area contributed by atoms with Crippen LogP contribution in [-0.4, -0.2) is 11.8 Å². The van der Waals surface area contributed by atoms with Gasteiger partial charge in [-0.3, -0.25) is 9.59 Å². The Morgan fingerprint density at radius 2 is 1.30 bits per heavy atom. The van der Waals surface area contributed by atoms with E-state index in [2.05, 4.69) is 5.32 Å². The van der Waals surface area contributed by atoms with Gasteiger partial charge in [-0.25, -0.2) is 4.90 Å². The highest BCUT2D eigenvalue weighted by atomic mass is 35.5. The quantitative estimate of drug-likeness (QED) is 0.671. The average molecular weight is 375 g/mol. The van der Waals surface area contributed by atoms with Crippen LogP contribution in [0, 0.1) is 0 Å². The molecule has 1 heterocycles. The third-order valence-corrected chi connectivity index (χ3v) is 4.53. The van der Waals surface area contributed by atoms with Gasteiger partial charge in [0, 0.05) is 10.7 Å². The number of carbonyl (C=O) groups is 2. The molecular weight excluding hydrogens is 360 g/mol. The van der Waals surface area contributed by atoms with Gasteiger partial charge >= 0.3 is 0 Å². The van der Waals surface area contributed by atoms with Gasteiger partial charge in [-0.15, -0.1) is 0 Å². The fourth-order valence-electron chi connectivity index (χ4n) is 3.01. The summed E-state index contributed by atoms with van der Waals surface area (Å²) in [5.74, 6) is -0.757. The van der Waals surface area contributed by atoms with Gasteiger partial charge in [-0.1, -0.05) is 60.1 Å². The van der Waals surface area contributed by atoms with Crippen molar-refractivity contribution in [2.24, 2.45) is 0 Å². The molecule has 0 saturated carbocycles. The van der Waals surface area contributed by atoms with Crippen LogP contribution < -0.4 is 10.2 Å². The van der Waals surface area contributed by atoms with E-state index in [0.717, 1.165) is 5.69 Å². The van der Waals surface area contributed by atoms with Gasteiger partial charge in [0.1, 0.15) is 5.70 Å². The first-order valence-corrected chi connectivity index (χ1v) is 8.79. The number of amides is 2. The first-order chi connectivity index (χ1) is 13.1. The molecule has 0 aliphatic carbocycles. The van der Waals surface area contributed by atoms with Gasteiger partial charge in [0.05, 0.1) is 11.3 Å². The van der Waals surface area contributed by atoms with E-state index in [4.69, 9.17) is 11.6 Å². The number of rotatable bonds is 4. The first kappa shape index (κ1) is 17.1. The fourth-order valence-corrected chi connectivity index (χ4v) is 3.13. The Bertz CT molecular complexity index is 1030. The summed E-state index contributed by atoms with van der Waals surface area (Å²) in [4.78, 5) is 27.5.